The lowest BCUT2D eigenvalue weighted by Crippen LogP contribution is -2.42. The average Bonchev–Trinajstić information content (AvgIpc) is 3.07. The number of hydrogen-bond donors (Lipinski definition) is 1. The highest BCUT2D eigenvalue weighted by Crippen LogP contribution is 2.42. The molecule has 7 nitrogen and oxygen atoms in total. The molecular formula is C22H32N3O4S+. The van der Waals surface area contributed by atoms with E-state index in [1.54, 1.807) is 0 Å². The standard InChI is InChI=1S/C22H31N3O4S/c1-4-5-6-9-28-21(26)18-17(23)16-14-12-22(2,3)29-13-15(14)19(24-20(16)30-18)25-7-10-27-11-8-25/h4-13,23H2,1-3H3/p+1. The van der Waals surface area contributed by atoms with Crippen LogP contribution >= 0.6 is 11.3 Å². The summed E-state index contributed by atoms with van der Waals surface area (Å²) >= 11 is 1.39. The number of unbranched alkanes of at least 4 members (excludes halogenated alkanes) is 2. The van der Waals surface area contributed by atoms with E-state index >= 15 is 0 Å². The van der Waals surface area contributed by atoms with Crippen LogP contribution in [0.15, 0.2) is 0 Å². The van der Waals surface area contributed by atoms with Crippen molar-refractivity contribution in [1.29, 1.82) is 0 Å². The van der Waals surface area contributed by atoms with Crippen molar-refractivity contribution in [1.82, 2.24) is 0 Å². The zero-order valence-electron chi connectivity index (χ0n) is 18.1. The van der Waals surface area contributed by atoms with Gasteiger partial charge in [-0.1, -0.05) is 31.1 Å². The molecular weight excluding hydrogens is 402 g/mol. The lowest BCUT2D eigenvalue weighted by molar-refractivity contribution is -0.329. The number of nitrogens with one attached hydrogen (secondary N) is 1. The molecule has 1 fully saturated rings. The number of nitrogen functional groups attached to an aromatic ring is 1. The number of esters is 1. The molecule has 164 valence electrons. The van der Waals surface area contributed by atoms with Crippen LogP contribution < -0.4 is 15.6 Å². The number of nitrogens with two attached hydrogens (primary N) is 1. The third kappa shape index (κ3) is 4.13. The number of thiophene rings is 1. The van der Waals surface area contributed by atoms with E-state index in [-0.39, 0.29) is 11.6 Å². The predicted molar refractivity (Wildman–Crippen MR) is 118 cm³/mol. The summed E-state index contributed by atoms with van der Waals surface area (Å²) in [5.74, 6) is 0.728. The highest BCUT2D eigenvalue weighted by atomic mass is 32.1. The van der Waals surface area contributed by atoms with Crippen LogP contribution in [0.25, 0.3) is 10.2 Å². The van der Waals surface area contributed by atoms with Gasteiger partial charge in [-0.2, -0.15) is 0 Å². The number of pyridine rings is 1. The minimum absolute atomic E-state index is 0.279. The summed E-state index contributed by atoms with van der Waals surface area (Å²) in [6.07, 6.45) is 3.76. The second-order valence-corrected chi connectivity index (χ2v) is 9.67. The molecule has 2 aromatic heterocycles. The third-order valence-electron chi connectivity index (χ3n) is 5.83. The number of aromatic amines is 1. The molecule has 0 aliphatic carbocycles. The molecule has 4 heterocycles. The Kier molecular flexibility index (Phi) is 6.18. The lowest BCUT2D eigenvalue weighted by Gasteiger charge is -2.33. The van der Waals surface area contributed by atoms with Crippen LogP contribution in [-0.2, 0) is 27.2 Å². The number of H-pyrrole nitrogens is 1. The largest absolute Gasteiger partial charge is 0.461 e. The van der Waals surface area contributed by atoms with Crippen LogP contribution in [0.3, 0.4) is 0 Å². The molecule has 2 aromatic rings. The van der Waals surface area contributed by atoms with Crippen molar-refractivity contribution >= 4 is 39.0 Å². The summed E-state index contributed by atoms with van der Waals surface area (Å²) in [4.78, 5) is 20.0. The molecule has 0 unspecified atom stereocenters. The van der Waals surface area contributed by atoms with E-state index in [0.29, 0.717) is 37.0 Å². The Labute approximate surface area is 181 Å². The minimum atomic E-state index is -0.328. The predicted octanol–water partition coefficient (Wildman–Crippen LogP) is 3.33. The van der Waals surface area contributed by atoms with Crippen LogP contribution in [0.2, 0.25) is 0 Å². The number of carbonyl (C=O) groups excluding carboxylic acids is 1. The molecule has 2 aliphatic rings. The van der Waals surface area contributed by atoms with Gasteiger partial charge in [0.1, 0.15) is 18.0 Å². The van der Waals surface area contributed by atoms with Gasteiger partial charge in [0, 0.05) is 6.42 Å². The van der Waals surface area contributed by atoms with Crippen LogP contribution in [0.5, 0.6) is 0 Å². The third-order valence-corrected chi connectivity index (χ3v) is 6.93. The fourth-order valence-corrected chi connectivity index (χ4v) is 5.24. The Hall–Kier alpha value is -1.90. The van der Waals surface area contributed by atoms with Crippen molar-refractivity contribution in [3.8, 4) is 0 Å². The highest BCUT2D eigenvalue weighted by molar-refractivity contribution is 7.20. The molecule has 0 atom stereocenters. The van der Waals surface area contributed by atoms with Crippen molar-refractivity contribution in [2.45, 2.75) is 58.7 Å². The first-order valence-electron chi connectivity index (χ1n) is 10.8. The molecule has 0 amide bonds. The lowest BCUT2D eigenvalue weighted by atomic mass is 9.89. The minimum Gasteiger partial charge on any atom is -0.461 e. The molecule has 2 aliphatic heterocycles. The number of ether oxygens (including phenoxy) is 3. The average molecular weight is 435 g/mol. The molecule has 30 heavy (non-hydrogen) atoms. The first kappa shape index (κ1) is 21.3. The molecule has 0 saturated carbocycles. The van der Waals surface area contributed by atoms with E-state index in [1.165, 1.54) is 16.9 Å². The molecule has 1 saturated heterocycles. The number of rotatable bonds is 6. The quantitative estimate of drug-likeness (QED) is 0.554. The summed E-state index contributed by atoms with van der Waals surface area (Å²) in [5, 5.41) is 0.948. The van der Waals surface area contributed by atoms with Gasteiger partial charge in [-0.25, -0.2) is 9.78 Å². The van der Waals surface area contributed by atoms with Gasteiger partial charge in [-0.05, 0) is 25.8 Å². The van der Waals surface area contributed by atoms with Crippen LogP contribution in [0.1, 0.15) is 60.8 Å². The number of nitrogens with zero attached hydrogens (tertiary/aromatic N) is 1. The van der Waals surface area contributed by atoms with Crippen molar-refractivity contribution in [2.24, 2.45) is 0 Å². The van der Waals surface area contributed by atoms with Crippen molar-refractivity contribution < 1.29 is 24.0 Å². The molecule has 8 heteroatoms. The van der Waals surface area contributed by atoms with Gasteiger partial charge in [0.2, 0.25) is 0 Å². The van der Waals surface area contributed by atoms with Gasteiger partial charge in [0.15, 0.2) is 4.83 Å². The SMILES string of the molecule is CCCCCOC(=O)c1sc2[nH+]c(N3CCOCC3)c3c(c2c1N)CC(C)(C)OC3. The number of fused-ring (bicyclic) bond motifs is 3. The van der Waals surface area contributed by atoms with E-state index < -0.39 is 0 Å². The first-order chi connectivity index (χ1) is 14.4. The maximum Gasteiger partial charge on any atom is 0.350 e. The Morgan fingerprint density at radius 2 is 2.03 bits per heavy atom. The van der Waals surface area contributed by atoms with Crippen LogP contribution in [0, 0.1) is 0 Å². The van der Waals surface area contributed by atoms with Gasteiger partial charge in [0.25, 0.3) is 5.82 Å². The first-order valence-corrected chi connectivity index (χ1v) is 11.7. The van der Waals surface area contributed by atoms with Gasteiger partial charge in [-0.3, -0.25) is 4.90 Å². The topological polar surface area (TPSA) is 88.2 Å². The number of anilines is 2. The molecule has 0 bridgehead atoms. The number of carbonyl (C=O) groups is 1. The van der Waals surface area contributed by atoms with Crippen molar-refractivity contribution in [3.05, 3.63) is 16.0 Å². The van der Waals surface area contributed by atoms with E-state index in [1.807, 2.05) is 0 Å². The van der Waals surface area contributed by atoms with Crippen LogP contribution in [-0.4, -0.2) is 44.5 Å². The molecule has 4 rings (SSSR count). The second kappa shape index (κ2) is 8.69. The summed E-state index contributed by atoms with van der Waals surface area (Å²) in [6, 6.07) is 0. The smallest absolute Gasteiger partial charge is 0.350 e. The number of aromatic nitrogens is 1. The zero-order valence-corrected chi connectivity index (χ0v) is 19.0. The van der Waals surface area contributed by atoms with Gasteiger partial charge in [0.05, 0.1) is 48.7 Å². The van der Waals surface area contributed by atoms with Gasteiger partial charge in [-0.15, -0.1) is 0 Å². The zero-order chi connectivity index (χ0) is 21.3. The maximum atomic E-state index is 12.7. The maximum absolute atomic E-state index is 12.7. The molecule has 0 aromatic carbocycles. The van der Waals surface area contributed by atoms with E-state index in [2.05, 4.69) is 30.7 Å². The Bertz CT molecular complexity index is 934. The van der Waals surface area contributed by atoms with E-state index in [0.717, 1.165) is 60.4 Å². The Morgan fingerprint density at radius 1 is 1.27 bits per heavy atom. The molecule has 0 spiro atoms. The number of morpholine rings is 1. The van der Waals surface area contributed by atoms with Crippen molar-refractivity contribution in [2.75, 3.05) is 43.5 Å². The molecule has 3 N–H and O–H groups in total. The highest BCUT2D eigenvalue weighted by Gasteiger charge is 2.37. The summed E-state index contributed by atoms with van der Waals surface area (Å²) in [6.45, 7) is 10.3. The Morgan fingerprint density at radius 3 is 2.77 bits per heavy atom. The van der Waals surface area contributed by atoms with Crippen LogP contribution in [0.4, 0.5) is 11.5 Å². The summed E-state index contributed by atoms with van der Waals surface area (Å²) in [7, 11) is 0. The Balaban J connectivity index is 1.76. The normalized spacial score (nSPS) is 18.4. The molecule has 0 radical (unpaired) electrons. The summed E-state index contributed by atoms with van der Waals surface area (Å²) < 4.78 is 17.2. The second-order valence-electron chi connectivity index (χ2n) is 8.65. The monoisotopic (exact) mass is 434 g/mol. The fraction of sp³-hybridized carbons (Fsp3) is 0.636. The van der Waals surface area contributed by atoms with E-state index in [4.69, 9.17) is 19.9 Å². The van der Waals surface area contributed by atoms with Gasteiger partial charge < -0.3 is 19.9 Å². The van der Waals surface area contributed by atoms with E-state index in [9.17, 15) is 4.79 Å². The number of hydrogen-bond acceptors (Lipinski definition) is 7. The fourth-order valence-electron chi connectivity index (χ4n) is 4.19. The van der Waals surface area contributed by atoms with Crippen molar-refractivity contribution in [3.63, 3.8) is 0 Å². The summed E-state index contributed by atoms with van der Waals surface area (Å²) in [5.41, 5.74) is 9.09. The van der Waals surface area contributed by atoms with Gasteiger partial charge >= 0.3 is 5.97 Å².